The molecule has 0 bridgehead atoms. The van der Waals surface area contributed by atoms with Crippen molar-refractivity contribution >= 4 is 5.97 Å². The minimum Gasteiger partial charge on any atom is -0.478 e. The molecule has 98 valence electrons. The Kier molecular flexibility index (Phi) is 3.25. The molecule has 0 aliphatic heterocycles. The smallest absolute Gasteiger partial charge is 0.338 e. The quantitative estimate of drug-likeness (QED) is 0.846. The van der Waals surface area contributed by atoms with Crippen LogP contribution in [0.15, 0.2) is 30.3 Å². The number of carboxylic acid groups (broad SMARTS) is 1. The molecular weight excluding hydrogens is 264 g/mol. The normalized spacial score (nSPS) is 10.5. The Morgan fingerprint density at radius 2 is 1.58 bits per heavy atom. The molecule has 0 aromatic heterocycles. The van der Waals surface area contributed by atoms with Gasteiger partial charge in [0.15, 0.2) is 0 Å². The van der Waals surface area contributed by atoms with Crippen LogP contribution in [0.1, 0.15) is 10.4 Å². The van der Waals surface area contributed by atoms with Gasteiger partial charge in [-0.2, -0.15) is 0 Å². The molecule has 2 rings (SSSR count). The van der Waals surface area contributed by atoms with Crippen molar-refractivity contribution in [2.45, 2.75) is 0 Å². The van der Waals surface area contributed by atoms with Crippen LogP contribution in [0.2, 0.25) is 0 Å². The van der Waals surface area contributed by atoms with Crippen LogP contribution in [0.3, 0.4) is 0 Å². The number of rotatable bonds is 2. The average molecular weight is 270 g/mol. The molecule has 0 saturated carbocycles. The summed E-state index contributed by atoms with van der Waals surface area (Å²) in [5.74, 6) is -6.60. The fraction of sp³-hybridized carbons (Fsp3) is 0. The first-order valence-corrected chi connectivity index (χ1v) is 5.08. The summed E-state index contributed by atoms with van der Waals surface area (Å²) in [5, 5.41) is 8.73. The lowest BCUT2D eigenvalue weighted by atomic mass is 10.0. The summed E-state index contributed by atoms with van der Waals surface area (Å²) in [6.45, 7) is 0. The second-order valence-corrected chi connectivity index (χ2v) is 3.72. The van der Waals surface area contributed by atoms with Crippen molar-refractivity contribution in [2.75, 3.05) is 0 Å². The van der Waals surface area contributed by atoms with Gasteiger partial charge in [0, 0.05) is 17.7 Å². The Labute approximate surface area is 104 Å². The van der Waals surface area contributed by atoms with Crippen molar-refractivity contribution in [1.82, 2.24) is 0 Å². The van der Waals surface area contributed by atoms with Gasteiger partial charge in [0.2, 0.25) is 0 Å². The zero-order valence-corrected chi connectivity index (χ0v) is 9.25. The predicted octanol–water partition coefficient (Wildman–Crippen LogP) is 3.61. The van der Waals surface area contributed by atoms with E-state index >= 15 is 0 Å². The van der Waals surface area contributed by atoms with Crippen molar-refractivity contribution in [3.63, 3.8) is 0 Å². The standard InChI is InChI=1S/C13H6F4O2/c14-6-4-9(15)11(10(16)5-6)7-2-1-3-8(12(7)17)13(18)19/h1-5H,(H,18,19). The molecule has 0 fully saturated rings. The monoisotopic (exact) mass is 270 g/mol. The maximum atomic E-state index is 13.9. The molecule has 19 heavy (non-hydrogen) atoms. The molecule has 2 nitrogen and oxygen atoms in total. The van der Waals surface area contributed by atoms with Crippen molar-refractivity contribution in [2.24, 2.45) is 0 Å². The third-order valence-electron chi connectivity index (χ3n) is 2.51. The number of carboxylic acids is 1. The van der Waals surface area contributed by atoms with Gasteiger partial charge in [0.1, 0.15) is 23.3 Å². The molecule has 0 radical (unpaired) electrons. The largest absolute Gasteiger partial charge is 0.478 e. The van der Waals surface area contributed by atoms with E-state index in [1.165, 1.54) is 0 Å². The van der Waals surface area contributed by atoms with Crippen LogP contribution >= 0.6 is 0 Å². The SMILES string of the molecule is O=C(O)c1cccc(-c2c(F)cc(F)cc2F)c1F. The Balaban J connectivity index is 2.73. The molecule has 0 spiro atoms. The lowest BCUT2D eigenvalue weighted by Crippen LogP contribution is -2.03. The van der Waals surface area contributed by atoms with Crippen LogP contribution in [0.4, 0.5) is 17.6 Å². The van der Waals surface area contributed by atoms with E-state index in [9.17, 15) is 22.4 Å². The third-order valence-corrected chi connectivity index (χ3v) is 2.51. The van der Waals surface area contributed by atoms with E-state index in [0.717, 1.165) is 18.2 Å². The summed E-state index contributed by atoms with van der Waals surface area (Å²) in [7, 11) is 0. The van der Waals surface area contributed by atoms with Crippen LogP contribution in [0, 0.1) is 23.3 Å². The minimum atomic E-state index is -1.57. The lowest BCUT2D eigenvalue weighted by molar-refractivity contribution is 0.0692. The fourth-order valence-electron chi connectivity index (χ4n) is 1.69. The topological polar surface area (TPSA) is 37.3 Å². The molecule has 0 atom stereocenters. The molecule has 6 heteroatoms. The number of benzene rings is 2. The first-order valence-electron chi connectivity index (χ1n) is 5.08. The maximum Gasteiger partial charge on any atom is 0.338 e. The molecular formula is C13H6F4O2. The van der Waals surface area contributed by atoms with E-state index in [1.54, 1.807) is 0 Å². The number of halogens is 4. The van der Waals surface area contributed by atoms with Crippen LogP contribution in [0.25, 0.3) is 11.1 Å². The summed E-state index contributed by atoms with van der Waals surface area (Å²) in [4.78, 5) is 10.7. The number of aromatic carboxylic acids is 1. The maximum absolute atomic E-state index is 13.9. The number of hydrogen-bond donors (Lipinski definition) is 1. The van der Waals surface area contributed by atoms with Gasteiger partial charge in [-0.3, -0.25) is 0 Å². The molecule has 2 aromatic rings. The van der Waals surface area contributed by atoms with Gasteiger partial charge in [-0.05, 0) is 6.07 Å². The van der Waals surface area contributed by atoms with Gasteiger partial charge >= 0.3 is 5.97 Å². The van der Waals surface area contributed by atoms with E-state index in [2.05, 4.69) is 0 Å². The summed E-state index contributed by atoms with van der Waals surface area (Å²) < 4.78 is 53.7. The average Bonchev–Trinajstić information content (AvgIpc) is 2.29. The second-order valence-electron chi connectivity index (χ2n) is 3.72. The Hall–Kier alpha value is -2.37. The van der Waals surface area contributed by atoms with Gasteiger partial charge in [-0.1, -0.05) is 12.1 Å². The lowest BCUT2D eigenvalue weighted by Gasteiger charge is -2.08. The Bertz CT molecular complexity index is 645. The van der Waals surface area contributed by atoms with E-state index in [-0.39, 0.29) is 0 Å². The van der Waals surface area contributed by atoms with Gasteiger partial charge in [-0.25, -0.2) is 22.4 Å². The Morgan fingerprint density at radius 3 is 2.11 bits per heavy atom. The highest BCUT2D eigenvalue weighted by molar-refractivity contribution is 5.90. The first kappa shape index (κ1) is 13.1. The fourth-order valence-corrected chi connectivity index (χ4v) is 1.69. The molecule has 2 aromatic carbocycles. The minimum absolute atomic E-state index is 0.394. The summed E-state index contributed by atoms with van der Waals surface area (Å²) >= 11 is 0. The highest BCUT2D eigenvalue weighted by atomic mass is 19.1. The summed E-state index contributed by atoms with van der Waals surface area (Å²) in [6, 6.07) is 3.91. The molecule has 0 saturated heterocycles. The van der Waals surface area contributed by atoms with E-state index in [0.29, 0.717) is 12.1 Å². The zero-order valence-electron chi connectivity index (χ0n) is 9.25. The number of hydrogen-bond acceptors (Lipinski definition) is 1. The summed E-state index contributed by atoms with van der Waals surface area (Å²) in [6.07, 6.45) is 0. The van der Waals surface area contributed by atoms with Crippen LogP contribution < -0.4 is 0 Å². The third kappa shape index (κ3) is 2.29. The van der Waals surface area contributed by atoms with Gasteiger partial charge in [0.25, 0.3) is 0 Å². The molecule has 0 unspecified atom stereocenters. The molecule has 0 aliphatic rings. The van der Waals surface area contributed by atoms with Crippen LogP contribution in [-0.4, -0.2) is 11.1 Å². The van der Waals surface area contributed by atoms with Crippen LogP contribution in [0.5, 0.6) is 0 Å². The van der Waals surface area contributed by atoms with Crippen LogP contribution in [-0.2, 0) is 0 Å². The first-order chi connectivity index (χ1) is 8.91. The van der Waals surface area contributed by atoms with Gasteiger partial charge in [-0.15, -0.1) is 0 Å². The molecule has 0 aliphatic carbocycles. The molecule has 1 N–H and O–H groups in total. The highest BCUT2D eigenvalue weighted by Crippen LogP contribution is 2.30. The van der Waals surface area contributed by atoms with Gasteiger partial charge in [0.05, 0.1) is 11.1 Å². The Morgan fingerprint density at radius 1 is 1.00 bits per heavy atom. The van der Waals surface area contributed by atoms with Crippen molar-refractivity contribution in [1.29, 1.82) is 0 Å². The molecule has 0 heterocycles. The van der Waals surface area contributed by atoms with E-state index < -0.39 is 45.9 Å². The van der Waals surface area contributed by atoms with Crippen molar-refractivity contribution in [3.8, 4) is 11.1 Å². The number of carbonyl (C=O) groups is 1. The zero-order chi connectivity index (χ0) is 14.2. The van der Waals surface area contributed by atoms with E-state index in [1.807, 2.05) is 0 Å². The molecule has 0 amide bonds. The highest BCUT2D eigenvalue weighted by Gasteiger charge is 2.20. The van der Waals surface area contributed by atoms with Crippen molar-refractivity contribution in [3.05, 3.63) is 59.2 Å². The summed E-state index contributed by atoms with van der Waals surface area (Å²) in [5.41, 5.74) is -2.10. The van der Waals surface area contributed by atoms with E-state index in [4.69, 9.17) is 5.11 Å². The van der Waals surface area contributed by atoms with Crippen molar-refractivity contribution < 1.29 is 27.5 Å². The second kappa shape index (κ2) is 4.72. The predicted molar refractivity (Wildman–Crippen MR) is 58.7 cm³/mol. The van der Waals surface area contributed by atoms with Gasteiger partial charge < -0.3 is 5.11 Å².